The molecule has 188 valence electrons. The molecule has 4 aromatic rings. The molecule has 8 nitrogen and oxygen atoms in total. The van der Waals surface area contributed by atoms with Crippen LogP contribution in [-0.2, 0) is 16.4 Å². The molecule has 0 fully saturated rings. The van der Waals surface area contributed by atoms with Gasteiger partial charge in [-0.3, -0.25) is 4.98 Å². The molecule has 3 heterocycles. The number of nitrogens with one attached hydrogen (secondary N) is 1. The van der Waals surface area contributed by atoms with E-state index >= 15 is 0 Å². The van der Waals surface area contributed by atoms with E-state index in [2.05, 4.69) is 28.4 Å². The number of sulfone groups is 1. The second-order valence-corrected chi connectivity index (χ2v) is 11.3. The number of aromatic nitrogens is 4. The van der Waals surface area contributed by atoms with E-state index in [1.165, 1.54) is 0 Å². The Labute approximate surface area is 213 Å². The third-order valence-corrected chi connectivity index (χ3v) is 8.21. The number of anilines is 2. The zero-order chi connectivity index (χ0) is 25.5. The Morgan fingerprint density at radius 1 is 1.11 bits per heavy atom. The summed E-state index contributed by atoms with van der Waals surface area (Å²) in [4.78, 5) is 9.48. The van der Waals surface area contributed by atoms with E-state index in [4.69, 9.17) is 10.7 Å². The summed E-state index contributed by atoms with van der Waals surface area (Å²) in [5, 5.41) is 8.00. The van der Waals surface area contributed by atoms with Gasteiger partial charge in [0, 0.05) is 48.5 Å². The smallest absolute Gasteiger partial charge is 0.178 e. The highest BCUT2D eigenvalue weighted by molar-refractivity contribution is 7.91. The second-order valence-electron chi connectivity index (χ2n) is 9.21. The number of unbranched alkanes of at least 4 members (excludes halogenated alkanes) is 1. The van der Waals surface area contributed by atoms with Gasteiger partial charge < -0.3 is 11.1 Å². The van der Waals surface area contributed by atoms with Crippen LogP contribution in [0.3, 0.4) is 0 Å². The summed E-state index contributed by atoms with van der Waals surface area (Å²) < 4.78 is 27.5. The lowest BCUT2D eigenvalue weighted by Gasteiger charge is -2.19. The van der Waals surface area contributed by atoms with Crippen LogP contribution < -0.4 is 16.5 Å². The molecule has 4 rings (SSSR count). The average Bonchev–Trinajstić information content (AvgIpc) is 3.26. The Kier molecular flexibility index (Phi) is 8.25. The zero-order valence-corrected chi connectivity index (χ0v) is 21.7. The van der Waals surface area contributed by atoms with Crippen molar-refractivity contribution >= 4 is 40.3 Å². The number of nitrogens with two attached hydrogens (primary N) is 1. The van der Waals surface area contributed by atoms with Crippen molar-refractivity contribution in [3.8, 4) is 0 Å². The SMILES string of the molecule is Bc1cnn2c(NCc3cccnc3)cc(C(CCCC)CCCS(=O)(=O)c3ccc(N)cc3)nc12. The third-order valence-electron chi connectivity index (χ3n) is 6.39. The van der Waals surface area contributed by atoms with Gasteiger partial charge in [0.05, 0.1) is 10.6 Å². The number of hydrogen-bond donors (Lipinski definition) is 2. The number of rotatable bonds is 12. The minimum atomic E-state index is -3.36. The minimum absolute atomic E-state index is 0.0968. The Bertz CT molecular complexity index is 1390. The van der Waals surface area contributed by atoms with E-state index in [-0.39, 0.29) is 11.7 Å². The Morgan fingerprint density at radius 3 is 2.61 bits per heavy atom. The van der Waals surface area contributed by atoms with Crippen molar-refractivity contribution < 1.29 is 8.42 Å². The van der Waals surface area contributed by atoms with E-state index in [0.29, 0.717) is 23.5 Å². The van der Waals surface area contributed by atoms with Crippen molar-refractivity contribution in [1.29, 1.82) is 0 Å². The molecule has 3 N–H and O–H groups in total. The van der Waals surface area contributed by atoms with Gasteiger partial charge in [-0.15, -0.1) is 0 Å². The third kappa shape index (κ3) is 6.23. The van der Waals surface area contributed by atoms with Crippen LogP contribution in [0.2, 0.25) is 0 Å². The molecule has 1 unspecified atom stereocenters. The van der Waals surface area contributed by atoms with Crippen LogP contribution in [0, 0.1) is 0 Å². The van der Waals surface area contributed by atoms with Crippen molar-refractivity contribution in [2.45, 2.75) is 56.4 Å². The summed E-state index contributed by atoms with van der Waals surface area (Å²) in [6.45, 7) is 2.78. The monoisotopic (exact) mass is 504 g/mol. The number of benzene rings is 1. The Hall–Kier alpha value is -3.40. The van der Waals surface area contributed by atoms with Crippen LogP contribution in [-0.4, -0.2) is 41.6 Å². The number of hydrogen-bond acceptors (Lipinski definition) is 7. The van der Waals surface area contributed by atoms with E-state index in [0.717, 1.165) is 53.9 Å². The molecule has 36 heavy (non-hydrogen) atoms. The normalized spacial score (nSPS) is 12.6. The Balaban J connectivity index is 1.55. The molecule has 3 aromatic heterocycles. The van der Waals surface area contributed by atoms with Gasteiger partial charge in [0.1, 0.15) is 13.7 Å². The molecule has 1 atom stereocenters. The number of fused-ring (bicyclic) bond motifs is 1. The summed E-state index contributed by atoms with van der Waals surface area (Å²) in [7, 11) is -1.36. The molecular weight excluding hydrogens is 471 g/mol. The number of pyridine rings is 1. The molecule has 0 saturated heterocycles. The van der Waals surface area contributed by atoms with E-state index in [9.17, 15) is 8.42 Å². The van der Waals surface area contributed by atoms with Gasteiger partial charge in [-0.05, 0) is 60.6 Å². The van der Waals surface area contributed by atoms with Gasteiger partial charge in [-0.1, -0.05) is 25.8 Å². The van der Waals surface area contributed by atoms with Crippen LogP contribution in [0.15, 0.2) is 66.0 Å². The van der Waals surface area contributed by atoms with Gasteiger partial charge in [0.2, 0.25) is 0 Å². The molecule has 1 aromatic carbocycles. The molecule has 0 bridgehead atoms. The zero-order valence-electron chi connectivity index (χ0n) is 20.9. The van der Waals surface area contributed by atoms with Crippen molar-refractivity contribution in [3.63, 3.8) is 0 Å². The summed E-state index contributed by atoms with van der Waals surface area (Å²) in [6, 6.07) is 12.4. The predicted molar refractivity (Wildman–Crippen MR) is 147 cm³/mol. The molecule has 0 saturated carbocycles. The lowest BCUT2D eigenvalue weighted by molar-refractivity contribution is 0.526. The first-order chi connectivity index (χ1) is 17.4. The van der Waals surface area contributed by atoms with Crippen LogP contribution >= 0.6 is 0 Å². The molecule has 10 heteroatoms. The number of nitrogen functional groups attached to an aromatic ring is 1. The van der Waals surface area contributed by atoms with Gasteiger partial charge in [0.15, 0.2) is 15.5 Å². The van der Waals surface area contributed by atoms with E-state index in [1.54, 1.807) is 30.5 Å². The van der Waals surface area contributed by atoms with Gasteiger partial charge in [-0.25, -0.2) is 13.4 Å². The summed E-state index contributed by atoms with van der Waals surface area (Å²) in [5.74, 6) is 1.12. The first-order valence-corrected chi connectivity index (χ1v) is 14.1. The fourth-order valence-corrected chi connectivity index (χ4v) is 5.66. The van der Waals surface area contributed by atoms with Gasteiger partial charge >= 0.3 is 0 Å². The van der Waals surface area contributed by atoms with Crippen molar-refractivity contribution in [2.24, 2.45) is 0 Å². The fourth-order valence-electron chi connectivity index (χ4n) is 4.33. The highest BCUT2D eigenvalue weighted by Gasteiger charge is 2.20. The topological polar surface area (TPSA) is 115 Å². The lowest BCUT2D eigenvalue weighted by Crippen LogP contribution is -2.14. The maximum atomic E-state index is 12.9. The summed E-state index contributed by atoms with van der Waals surface area (Å²) >= 11 is 0. The van der Waals surface area contributed by atoms with E-state index in [1.807, 2.05) is 36.9 Å². The molecule has 0 spiro atoms. The molecule has 0 aliphatic carbocycles. The Morgan fingerprint density at radius 2 is 1.89 bits per heavy atom. The van der Waals surface area contributed by atoms with Crippen molar-refractivity contribution in [3.05, 3.63) is 72.3 Å². The maximum absolute atomic E-state index is 12.9. The van der Waals surface area contributed by atoms with Gasteiger partial charge in [0.25, 0.3) is 0 Å². The van der Waals surface area contributed by atoms with Crippen LogP contribution in [0.5, 0.6) is 0 Å². The predicted octanol–water partition coefficient (Wildman–Crippen LogP) is 3.10. The van der Waals surface area contributed by atoms with Crippen molar-refractivity contribution in [2.75, 3.05) is 16.8 Å². The lowest BCUT2D eigenvalue weighted by atomic mass is 9.93. The van der Waals surface area contributed by atoms with Crippen LogP contribution in [0.4, 0.5) is 11.5 Å². The van der Waals surface area contributed by atoms with Crippen LogP contribution in [0.25, 0.3) is 5.65 Å². The van der Waals surface area contributed by atoms with E-state index < -0.39 is 9.84 Å². The fraction of sp³-hybridized carbons (Fsp3) is 0.346. The molecule has 0 aliphatic heterocycles. The molecule has 0 aliphatic rings. The standard InChI is InChI=1S/C26H33BN6O2S/c1-2-3-7-20(8-5-14-36(34,35)22-11-9-21(28)10-12-22)24-15-25(30-17-19-6-4-13-29-16-19)33-26(32-24)23(27)18-31-33/h4,6,9-13,15-16,18,20,30H,2-3,5,7-8,14,17,27-28H2,1H3. The summed E-state index contributed by atoms with van der Waals surface area (Å²) in [6.07, 6.45) is 9.80. The van der Waals surface area contributed by atoms with Crippen LogP contribution in [0.1, 0.15) is 56.2 Å². The summed E-state index contributed by atoms with van der Waals surface area (Å²) in [5.41, 5.74) is 10.1. The first-order valence-electron chi connectivity index (χ1n) is 12.4. The second kappa shape index (κ2) is 11.6. The minimum Gasteiger partial charge on any atom is -0.399 e. The highest BCUT2D eigenvalue weighted by Crippen LogP contribution is 2.29. The first kappa shape index (κ1) is 25.7. The highest BCUT2D eigenvalue weighted by atomic mass is 32.2. The van der Waals surface area contributed by atoms with Gasteiger partial charge in [-0.2, -0.15) is 9.61 Å². The maximum Gasteiger partial charge on any atom is 0.178 e. The van der Waals surface area contributed by atoms with Crippen molar-refractivity contribution in [1.82, 2.24) is 19.6 Å². The molecule has 0 radical (unpaired) electrons. The molecule has 0 amide bonds. The quantitative estimate of drug-likeness (QED) is 0.225. The largest absolute Gasteiger partial charge is 0.399 e. The average molecular weight is 504 g/mol. The number of nitrogens with zero attached hydrogens (tertiary/aromatic N) is 4. The molecular formula is C26H33BN6O2S.